The Hall–Kier alpha value is -0.570. The maximum absolute atomic E-state index is 12.5. The zero-order valence-corrected chi connectivity index (χ0v) is 19.6. The molecule has 3 heteroatoms. The largest absolute Gasteiger partial charge is 0.376 e. The lowest BCUT2D eigenvalue weighted by Crippen LogP contribution is -2.47. The van der Waals surface area contributed by atoms with Crippen LogP contribution in [0.3, 0.4) is 0 Å². The molecule has 0 rings (SSSR count). The first-order chi connectivity index (χ1) is 11.5. The van der Waals surface area contributed by atoms with Gasteiger partial charge in [0.15, 0.2) is 0 Å². The summed E-state index contributed by atoms with van der Waals surface area (Å²) in [7, 11) is 0. The predicted molar refractivity (Wildman–Crippen MR) is 113 cm³/mol. The summed E-state index contributed by atoms with van der Waals surface area (Å²) in [6.45, 7) is 25.0. The Morgan fingerprint density at radius 3 is 1.96 bits per heavy atom. The lowest BCUT2D eigenvalue weighted by molar-refractivity contribution is -0.125. The van der Waals surface area contributed by atoms with Crippen molar-refractivity contribution in [2.45, 2.75) is 119 Å². The molecule has 1 N–H and O–H groups in total. The van der Waals surface area contributed by atoms with Crippen LogP contribution in [-0.4, -0.2) is 23.7 Å². The Bertz CT molecular complexity index is 433. The minimum absolute atomic E-state index is 0.125. The lowest BCUT2D eigenvalue weighted by Gasteiger charge is -2.38. The highest BCUT2D eigenvalue weighted by molar-refractivity contribution is 5.76. The van der Waals surface area contributed by atoms with Crippen molar-refractivity contribution in [2.75, 3.05) is 6.61 Å². The maximum atomic E-state index is 12.5. The van der Waals surface area contributed by atoms with Gasteiger partial charge in [0, 0.05) is 18.6 Å². The number of carbonyl (C=O) groups is 1. The van der Waals surface area contributed by atoms with Crippen molar-refractivity contribution >= 4 is 5.91 Å². The van der Waals surface area contributed by atoms with Gasteiger partial charge in [-0.15, -0.1) is 0 Å². The van der Waals surface area contributed by atoms with E-state index >= 15 is 0 Å². The fraction of sp³-hybridized carbons (Fsp3) is 0.957. The van der Waals surface area contributed by atoms with E-state index in [0.29, 0.717) is 17.8 Å². The van der Waals surface area contributed by atoms with E-state index in [0.717, 1.165) is 32.3 Å². The van der Waals surface area contributed by atoms with Crippen LogP contribution in [0.2, 0.25) is 0 Å². The van der Waals surface area contributed by atoms with E-state index in [-0.39, 0.29) is 22.5 Å². The monoisotopic (exact) mass is 369 g/mol. The third-order valence-corrected chi connectivity index (χ3v) is 6.12. The van der Waals surface area contributed by atoms with E-state index in [2.05, 4.69) is 81.5 Å². The molecule has 0 saturated heterocycles. The molecule has 0 aromatic carbocycles. The second-order valence-electron chi connectivity index (χ2n) is 11.1. The molecule has 0 bridgehead atoms. The van der Waals surface area contributed by atoms with Crippen molar-refractivity contribution in [3.05, 3.63) is 0 Å². The van der Waals surface area contributed by atoms with Crippen LogP contribution in [0.1, 0.15) is 108 Å². The number of hydrogen-bond acceptors (Lipinski definition) is 2. The van der Waals surface area contributed by atoms with Gasteiger partial charge in [-0.25, -0.2) is 0 Å². The molecule has 0 spiro atoms. The predicted octanol–water partition coefficient (Wildman–Crippen LogP) is 6.36. The van der Waals surface area contributed by atoms with E-state index in [4.69, 9.17) is 4.74 Å². The number of carbonyl (C=O) groups excluding carboxylic acids is 1. The van der Waals surface area contributed by atoms with Crippen LogP contribution >= 0.6 is 0 Å². The summed E-state index contributed by atoms with van der Waals surface area (Å²) >= 11 is 0. The van der Waals surface area contributed by atoms with Gasteiger partial charge >= 0.3 is 0 Å². The summed E-state index contributed by atoms with van der Waals surface area (Å²) < 4.78 is 6.08. The molecule has 0 aromatic heterocycles. The lowest BCUT2D eigenvalue weighted by atomic mass is 9.72. The van der Waals surface area contributed by atoms with Crippen molar-refractivity contribution in [3.63, 3.8) is 0 Å². The van der Waals surface area contributed by atoms with E-state index in [1.165, 1.54) is 0 Å². The average Bonchev–Trinajstić information content (AvgIpc) is 2.43. The first-order valence-electron chi connectivity index (χ1n) is 10.5. The van der Waals surface area contributed by atoms with Crippen LogP contribution in [0.5, 0.6) is 0 Å². The Labute approximate surface area is 164 Å². The third kappa shape index (κ3) is 10.5. The SMILES string of the molecule is CCC(C)(C)CCOC(C)(C)CCC(=O)NC(C)(C)CC(C)(C)C(C)C. The molecule has 0 radical (unpaired) electrons. The van der Waals surface area contributed by atoms with Gasteiger partial charge in [-0.2, -0.15) is 0 Å². The van der Waals surface area contributed by atoms with Crippen molar-refractivity contribution in [2.24, 2.45) is 16.7 Å². The van der Waals surface area contributed by atoms with Crippen LogP contribution in [-0.2, 0) is 9.53 Å². The molecule has 26 heavy (non-hydrogen) atoms. The van der Waals surface area contributed by atoms with Crippen molar-refractivity contribution < 1.29 is 9.53 Å². The second kappa shape index (κ2) is 9.57. The molecule has 3 nitrogen and oxygen atoms in total. The molecule has 0 heterocycles. The van der Waals surface area contributed by atoms with Crippen molar-refractivity contribution in [1.29, 1.82) is 0 Å². The first kappa shape index (κ1) is 25.4. The van der Waals surface area contributed by atoms with Gasteiger partial charge in [0.2, 0.25) is 5.91 Å². The molecule has 0 atom stereocenters. The molecule has 1 amide bonds. The smallest absolute Gasteiger partial charge is 0.220 e. The summed E-state index contributed by atoms with van der Waals surface area (Å²) in [6.07, 6.45) is 4.43. The van der Waals surface area contributed by atoms with Gasteiger partial charge in [-0.3, -0.25) is 4.79 Å². The fourth-order valence-electron chi connectivity index (χ4n) is 3.09. The standard InChI is InChI=1S/C23H47NO2/c1-12-20(4,5)15-16-26-23(10,11)14-13-19(25)24-22(8,9)17-21(6,7)18(2)3/h18H,12-17H2,1-11H3,(H,24,25). The van der Waals surface area contributed by atoms with E-state index < -0.39 is 0 Å². The van der Waals surface area contributed by atoms with Gasteiger partial charge in [0.05, 0.1) is 5.60 Å². The molecule has 0 unspecified atom stereocenters. The molecular weight excluding hydrogens is 322 g/mol. The first-order valence-corrected chi connectivity index (χ1v) is 10.5. The van der Waals surface area contributed by atoms with E-state index in [1.54, 1.807) is 0 Å². The summed E-state index contributed by atoms with van der Waals surface area (Å²) in [5.74, 6) is 0.707. The zero-order valence-electron chi connectivity index (χ0n) is 19.6. The van der Waals surface area contributed by atoms with Gasteiger partial charge in [0.25, 0.3) is 0 Å². The molecule has 0 aromatic rings. The van der Waals surface area contributed by atoms with Crippen LogP contribution in [0.4, 0.5) is 0 Å². The quantitative estimate of drug-likeness (QED) is 0.435. The Morgan fingerprint density at radius 1 is 0.962 bits per heavy atom. The molecule has 0 saturated carbocycles. The van der Waals surface area contributed by atoms with E-state index in [9.17, 15) is 4.79 Å². The highest BCUT2D eigenvalue weighted by Gasteiger charge is 2.32. The normalized spacial score (nSPS) is 14.0. The Balaban J connectivity index is 4.42. The molecule has 156 valence electrons. The molecule has 0 aliphatic heterocycles. The van der Waals surface area contributed by atoms with Gasteiger partial charge in [-0.1, -0.05) is 54.9 Å². The number of nitrogens with one attached hydrogen (secondary N) is 1. The Kier molecular flexibility index (Phi) is 9.36. The van der Waals surface area contributed by atoms with Gasteiger partial charge in [-0.05, 0) is 63.7 Å². The van der Waals surface area contributed by atoms with Crippen LogP contribution < -0.4 is 5.32 Å². The number of ether oxygens (including phenoxy) is 1. The molecule has 0 aliphatic rings. The van der Waals surface area contributed by atoms with E-state index in [1.807, 2.05) is 0 Å². The van der Waals surface area contributed by atoms with Crippen LogP contribution in [0.25, 0.3) is 0 Å². The minimum Gasteiger partial charge on any atom is -0.376 e. The van der Waals surface area contributed by atoms with Gasteiger partial charge < -0.3 is 10.1 Å². The van der Waals surface area contributed by atoms with Gasteiger partial charge in [0.1, 0.15) is 0 Å². The highest BCUT2D eigenvalue weighted by Crippen LogP contribution is 2.35. The summed E-state index contributed by atoms with van der Waals surface area (Å²) in [6, 6.07) is 0. The summed E-state index contributed by atoms with van der Waals surface area (Å²) in [4.78, 5) is 12.5. The minimum atomic E-state index is -0.261. The summed E-state index contributed by atoms with van der Waals surface area (Å²) in [5.41, 5.74) is 0.0649. The maximum Gasteiger partial charge on any atom is 0.220 e. The van der Waals surface area contributed by atoms with Crippen molar-refractivity contribution in [3.8, 4) is 0 Å². The molecule has 0 aliphatic carbocycles. The third-order valence-electron chi connectivity index (χ3n) is 6.12. The number of hydrogen-bond donors (Lipinski definition) is 1. The second-order valence-corrected chi connectivity index (χ2v) is 11.1. The molecular formula is C23H47NO2. The number of rotatable bonds is 12. The van der Waals surface area contributed by atoms with Crippen LogP contribution in [0, 0.1) is 16.7 Å². The highest BCUT2D eigenvalue weighted by atomic mass is 16.5. The summed E-state index contributed by atoms with van der Waals surface area (Å²) in [5, 5.41) is 3.23. The molecule has 0 fully saturated rings. The Morgan fingerprint density at radius 2 is 1.50 bits per heavy atom. The topological polar surface area (TPSA) is 38.3 Å². The van der Waals surface area contributed by atoms with Crippen LogP contribution in [0.15, 0.2) is 0 Å². The van der Waals surface area contributed by atoms with Crippen molar-refractivity contribution in [1.82, 2.24) is 5.32 Å². The number of amides is 1. The average molecular weight is 370 g/mol. The fourth-order valence-corrected chi connectivity index (χ4v) is 3.09. The zero-order chi connectivity index (χ0) is 20.8.